The number of fused-ring (bicyclic) bond motifs is 8. The number of benzene rings is 4. The van der Waals surface area contributed by atoms with Crippen LogP contribution >= 0.6 is 31.9 Å². The van der Waals surface area contributed by atoms with Crippen LogP contribution in [-0.4, -0.2) is 287 Å². The van der Waals surface area contributed by atoms with Crippen molar-refractivity contribution in [3.63, 3.8) is 0 Å². The number of nitrogen functional groups attached to an aromatic ring is 4. The molecule has 4 aliphatic rings. The van der Waals surface area contributed by atoms with Crippen LogP contribution in [0.25, 0.3) is 111 Å². The van der Waals surface area contributed by atoms with Gasteiger partial charge in [0.05, 0.1) is 104 Å². The summed E-state index contributed by atoms with van der Waals surface area (Å²) in [7, 11) is -6.31. The van der Waals surface area contributed by atoms with Gasteiger partial charge in [0, 0.05) is 247 Å². The number of piperazine rings is 4. The Morgan fingerprint density at radius 2 is 0.605 bits per heavy atom. The van der Waals surface area contributed by atoms with Crippen LogP contribution in [0.2, 0.25) is 0 Å². The number of halogens is 2. The van der Waals surface area contributed by atoms with Crippen LogP contribution in [0.5, 0.6) is 0 Å². The highest BCUT2D eigenvalue weighted by atomic mass is 79.9. The summed E-state index contributed by atoms with van der Waals surface area (Å²) in [4.78, 5) is 51.5. The van der Waals surface area contributed by atoms with Gasteiger partial charge in [0.25, 0.3) is 0 Å². The highest BCUT2D eigenvalue weighted by molar-refractivity contribution is 9.11. The van der Waals surface area contributed by atoms with Crippen molar-refractivity contribution >= 4 is 141 Å². The number of pyridine rings is 4. The van der Waals surface area contributed by atoms with Crippen molar-refractivity contribution in [2.45, 2.75) is 26.2 Å². The number of para-hydroxylation sites is 4. The van der Waals surface area contributed by atoms with E-state index >= 15 is 0 Å². The molecule has 38 heteroatoms. The van der Waals surface area contributed by atoms with E-state index in [4.69, 9.17) is 53.1 Å². The Kier molecular flexibility index (Phi) is 25.2. The first kappa shape index (κ1) is 84.9. The molecule has 0 bridgehead atoms. The molecular weight excluding hydrogens is 1750 g/mol. The molecule has 20 rings (SSSR count). The monoisotopic (exact) mass is 1840 g/mol. The van der Waals surface area contributed by atoms with Gasteiger partial charge in [-0.1, -0.05) is 72.8 Å². The zero-order valence-corrected chi connectivity index (χ0v) is 73.2. The average molecular weight is 1840 g/mol. The molecule has 16 aromatic rings. The van der Waals surface area contributed by atoms with Crippen LogP contribution < -0.4 is 22.9 Å². The van der Waals surface area contributed by atoms with E-state index in [1.54, 1.807) is 36.7 Å². The number of aromatic nitrogens is 16. The van der Waals surface area contributed by atoms with Crippen LogP contribution in [0, 0.1) is 0 Å². The van der Waals surface area contributed by atoms with E-state index in [0.717, 1.165) is 199 Å². The number of nitrogens with zero attached hydrogens (tertiary/aromatic N) is 24. The first-order valence-corrected chi connectivity index (χ1v) is 46.1. The van der Waals surface area contributed by atoms with E-state index in [9.17, 15) is 16.8 Å². The van der Waals surface area contributed by atoms with Gasteiger partial charge in [-0.15, -0.1) is 0 Å². The zero-order chi connectivity index (χ0) is 85.9. The molecule has 4 fully saturated rings. The molecule has 0 unspecified atom stereocenters. The second-order valence-electron chi connectivity index (χ2n) is 31.3. The lowest BCUT2D eigenvalue weighted by Gasteiger charge is -2.34. The summed E-state index contributed by atoms with van der Waals surface area (Å²) in [6, 6.07) is 44.1. The maximum atomic E-state index is 11.8. The van der Waals surface area contributed by atoms with Crippen molar-refractivity contribution in [3.05, 3.63) is 215 Å². The Labute approximate surface area is 731 Å². The fraction of sp³-hybridized carbons (Fsp3) is 0.302. The fourth-order valence-corrected chi connectivity index (χ4v) is 18.6. The lowest BCUT2D eigenvalue weighted by Crippen LogP contribution is -2.47. The SMILES string of the molecule is CS(=O)(=O)N1CCN(Cc2cc(N)n3ncc(-c4cnc5ccccc5c4)c3n2)CC1.CS(=O)(=O)N1CCN(Cc2nc3c(-c4cnc5ccccc5c4)cnn3c(N)c2Br)CC1.Nc1c(Br)c(CN2CCN(CCO)CC2)nc2c(-c3cnc4ccccc4c3)cnn12.Nc1cc(CN2CCN(CCO)CC2)nc2c(-c3cnc4ccccc4c3)cnn12. The van der Waals surface area contributed by atoms with Gasteiger partial charge in [-0.25, -0.2) is 36.8 Å². The van der Waals surface area contributed by atoms with E-state index in [1.807, 2.05) is 128 Å². The number of anilines is 4. The van der Waals surface area contributed by atoms with Crippen LogP contribution in [-0.2, 0) is 46.2 Å². The Balaban J connectivity index is 0.000000117. The summed E-state index contributed by atoms with van der Waals surface area (Å²) >= 11 is 7.21. The lowest BCUT2D eigenvalue weighted by molar-refractivity contribution is 0.107. The van der Waals surface area contributed by atoms with Gasteiger partial charge in [-0.3, -0.25) is 49.3 Å². The maximum Gasteiger partial charge on any atom is 0.211 e. The molecule has 0 radical (unpaired) electrons. The molecule has 0 atom stereocenters. The van der Waals surface area contributed by atoms with E-state index in [2.05, 4.69) is 138 Å². The Morgan fingerprint density at radius 1 is 0.339 bits per heavy atom. The van der Waals surface area contributed by atoms with Crippen molar-refractivity contribution in [1.29, 1.82) is 0 Å². The molecule has 0 saturated carbocycles. The average Bonchev–Trinajstić information content (AvgIpc) is 1.61. The molecule has 4 saturated heterocycles. The first-order chi connectivity index (χ1) is 60.0. The van der Waals surface area contributed by atoms with Crippen molar-refractivity contribution in [2.75, 3.05) is 166 Å². The van der Waals surface area contributed by atoms with Crippen LogP contribution in [0.1, 0.15) is 22.8 Å². The van der Waals surface area contributed by atoms with Gasteiger partial charge in [0.1, 0.15) is 23.3 Å². The first-order valence-electron chi connectivity index (χ1n) is 40.8. The largest absolute Gasteiger partial charge is 0.395 e. The topological polar surface area (TPSA) is 411 Å². The predicted molar refractivity (Wildman–Crippen MR) is 489 cm³/mol. The van der Waals surface area contributed by atoms with Gasteiger partial charge >= 0.3 is 0 Å². The van der Waals surface area contributed by atoms with Crippen molar-refractivity contribution in [3.8, 4) is 44.5 Å². The number of hydrogen-bond acceptors (Lipinski definition) is 28. The molecule has 640 valence electrons. The minimum Gasteiger partial charge on any atom is -0.395 e. The number of sulfonamides is 2. The summed E-state index contributed by atoms with van der Waals surface area (Å²) in [5, 5.41) is 40.3. The summed E-state index contributed by atoms with van der Waals surface area (Å²) < 4.78 is 58.1. The van der Waals surface area contributed by atoms with E-state index in [0.29, 0.717) is 111 Å². The summed E-state index contributed by atoms with van der Waals surface area (Å²) in [6.07, 6.45) is 17.0. The molecule has 0 amide bonds. The Hall–Kier alpha value is -11.3. The zero-order valence-electron chi connectivity index (χ0n) is 68.4. The van der Waals surface area contributed by atoms with Crippen molar-refractivity contribution in [1.82, 2.24) is 116 Å². The number of nitrogens with two attached hydrogens (primary N) is 4. The molecule has 4 aromatic carbocycles. The van der Waals surface area contributed by atoms with Gasteiger partial charge in [0.2, 0.25) is 20.0 Å². The molecule has 4 aliphatic heterocycles. The molecule has 0 aliphatic carbocycles. The standard InChI is InChI=1S/C22H24BrN7O.C22H25N7O.C21H22BrN7O2S.C21H23N7O2S/c23-20-19(14-29-7-5-28(6-8-29)9-10-31)27-22-17(13-26-30(22)21(20)24)16-11-15-3-1-2-4-18(15)25-12-16;23-21-12-18(15-28-7-5-27(6-8-28)9-10-30)26-22-19(14-25-29(21)22)17-11-16-3-1-2-4-20(16)24-13-17;1-32(30,31)28-8-6-27(7-9-28)13-18-19(22)20(23)29-21(26-18)16(12-25-29)15-10-14-4-2-3-5-17(14)24-11-15;1-31(29,30)27-8-6-26(7-9-27)14-17-11-20(22)28-21(25-17)18(13-24-28)16-10-15-4-2-3-5-19(15)23-12-16/h1-4,11-13,31H,5-10,14,24H2;1-4,11-14,30H,5-10,15,23H2;2-5,10-12H,6-9,13,23H2,1H3;2-5,10-13H,6-9,14,22H2,1H3. The highest BCUT2D eigenvalue weighted by Crippen LogP contribution is 2.36. The van der Waals surface area contributed by atoms with E-state index < -0.39 is 20.0 Å². The third kappa shape index (κ3) is 18.7. The van der Waals surface area contributed by atoms with Crippen LogP contribution in [0.3, 0.4) is 0 Å². The fourth-order valence-electron chi connectivity index (χ4n) is 16.2. The molecule has 34 nitrogen and oxygen atoms in total. The molecule has 124 heavy (non-hydrogen) atoms. The Morgan fingerprint density at radius 3 is 0.903 bits per heavy atom. The van der Waals surface area contributed by atoms with Crippen molar-refractivity contribution < 1.29 is 27.0 Å². The normalized spacial score (nSPS) is 16.0. The maximum absolute atomic E-state index is 11.8. The van der Waals surface area contributed by atoms with Gasteiger partial charge in [-0.2, -0.15) is 47.1 Å². The Bertz CT molecular complexity index is 6850. The molecule has 10 N–H and O–H groups in total. The summed E-state index contributed by atoms with van der Waals surface area (Å²) in [5.74, 6) is 2.10. The van der Waals surface area contributed by atoms with Gasteiger partial charge < -0.3 is 33.1 Å². The summed E-state index contributed by atoms with van der Waals surface area (Å²) in [6.45, 7) is 16.5. The van der Waals surface area contributed by atoms with Crippen LogP contribution in [0.4, 0.5) is 23.3 Å². The number of aliphatic hydroxyl groups is 2. The van der Waals surface area contributed by atoms with E-state index in [1.165, 1.54) is 21.1 Å². The number of β-amino-alcohol motifs (C(OH)–C–C–N with tert-alkyl or cyclic N) is 2. The molecule has 16 heterocycles. The lowest BCUT2D eigenvalue weighted by atomic mass is 10.1. The third-order valence-electron chi connectivity index (χ3n) is 23.0. The van der Waals surface area contributed by atoms with Crippen molar-refractivity contribution in [2.24, 2.45) is 0 Å². The predicted octanol–water partition coefficient (Wildman–Crippen LogP) is 8.01. The molecule has 12 aromatic heterocycles. The molecular formula is C86H94Br2N28O6S2. The van der Waals surface area contributed by atoms with Gasteiger partial charge in [-0.05, 0) is 80.4 Å². The molecule has 0 spiro atoms. The smallest absolute Gasteiger partial charge is 0.211 e. The van der Waals surface area contributed by atoms with Gasteiger partial charge in [0.15, 0.2) is 22.6 Å². The summed E-state index contributed by atoms with van der Waals surface area (Å²) in [5.41, 5.74) is 42.7. The number of hydrogen-bond donors (Lipinski definition) is 6. The van der Waals surface area contributed by atoms with Crippen LogP contribution in [0.15, 0.2) is 192 Å². The number of aliphatic hydroxyl groups excluding tert-OH is 2. The highest BCUT2D eigenvalue weighted by Gasteiger charge is 2.29. The quantitative estimate of drug-likeness (QED) is 0.0473. The third-order valence-corrected chi connectivity index (χ3v) is 27.3. The minimum absolute atomic E-state index is 0.202. The van der Waals surface area contributed by atoms with E-state index in [-0.39, 0.29) is 13.2 Å². The number of rotatable bonds is 18. The second kappa shape index (κ2) is 36.8. The second-order valence-corrected chi connectivity index (χ2v) is 36.8. The minimum atomic E-state index is -3.17.